The van der Waals surface area contributed by atoms with Crippen molar-refractivity contribution in [3.63, 3.8) is 0 Å². The summed E-state index contributed by atoms with van der Waals surface area (Å²) in [5, 5.41) is 0. The SMILES string of the molecule is CC(C)CN(CCC(N)=S)C(=O)C1CC1(C)C. The van der Waals surface area contributed by atoms with Gasteiger partial charge in [-0.25, -0.2) is 0 Å². The average molecular weight is 256 g/mol. The minimum atomic E-state index is 0.190. The maximum atomic E-state index is 12.3. The van der Waals surface area contributed by atoms with E-state index >= 15 is 0 Å². The molecule has 1 unspecified atom stereocenters. The Morgan fingerprint density at radius 1 is 1.53 bits per heavy atom. The molecule has 2 N–H and O–H groups in total. The van der Waals surface area contributed by atoms with E-state index in [9.17, 15) is 4.79 Å². The van der Waals surface area contributed by atoms with Crippen LogP contribution in [-0.2, 0) is 4.79 Å². The van der Waals surface area contributed by atoms with E-state index in [2.05, 4.69) is 27.7 Å². The second-order valence-electron chi connectivity index (χ2n) is 6.14. The fourth-order valence-corrected chi connectivity index (χ4v) is 2.18. The molecule has 0 bridgehead atoms. The number of hydrogen-bond acceptors (Lipinski definition) is 2. The molecule has 98 valence electrons. The fourth-order valence-electron chi connectivity index (χ4n) is 2.09. The number of thiocarbonyl (C=S) groups is 1. The van der Waals surface area contributed by atoms with E-state index in [1.165, 1.54) is 0 Å². The van der Waals surface area contributed by atoms with Crippen LogP contribution in [-0.4, -0.2) is 28.9 Å². The van der Waals surface area contributed by atoms with Crippen molar-refractivity contribution in [1.82, 2.24) is 4.90 Å². The molecule has 1 rings (SSSR count). The van der Waals surface area contributed by atoms with Gasteiger partial charge in [0.15, 0.2) is 0 Å². The van der Waals surface area contributed by atoms with Crippen LogP contribution in [0.25, 0.3) is 0 Å². The Labute approximate surface area is 110 Å². The van der Waals surface area contributed by atoms with Crippen molar-refractivity contribution in [2.24, 2.45) is 23.0 Å². The summed E-state index contributed by atoms with van der Waals surface area (Å²) in [7, 11) is 0. The van der Waals surface area contributed by atoms with Crippen molar-refractivity contribution in [1.29, 1.82) is 0 Å². The van der Waals surface area contributed by atoms with Gasteiger partial charge in [0.05, 0.1) is 4.99 Å². The maximum absolute atomic E-state index is 12.3. The van der Waals surface area contributed by atoms with Crippen molar-refractivity contribution in [2.45, 2.75) is 40.5 Å². The van der Waals surface area contributed by atoms with E-state index in [0.717, 1.165) is 13.0 Å². The van der Waals surface area contributed by atoms with Crippen molar-refractivity contribution in [2.75, 3.05) is 13.1 Å². The lowest BCUT2D eigenvalue weighted by atomic mass is 10.1. The molecule has 1 fully saturated rings. The first-order valence-corrected chi connectivity index (χ1v) is 6.72. The number of hydrogen-bond donors (Lipinski definition) is 1. The number of carbonyl (C=O) groups is 1. The predicted molar refractivity (Wildman–Crippen MR) is 74.7 cm³/mol. The molecule has 17 heavy (non-hydrogen) atoms. The largest absolute Gasteiger partial charge is 0.393 e. The first-order chi connectivity index (χ1) is 7.74. The maximum Gasteiger partial charge on any atom is 0.226 e. The van der Waals surface area contributed by atoms with Gasteiger partial charge in [0, 0.05) is 25.4 Å². The van der Waals surface area contributed by atoms with Crippen molar-refractivity contribution < 1.29 is 4.79 Å². The Hall–Kier alpha value is -0.640. The van der Waals surface area contributed by atoms with Gasteiger partial charge in [-0.1, -0.05) is 39.9 Å². The zero-order chi connectivity index (χ0) is 13.2. The smallest absolute Gasteiger partial charge is 0.226 e. The van der Waals surface area contributed by atoms with Gasteiger partial charge in [-0.15, -0.1) is 0 Å². The Bertz CT molecular complexity index is 313. The van der Waals surface area contributed by atoms with Crippen LogP contribution in [0.1, 0.15) is 40.5 Å². The van der Waals surface area contributed by atoms with Gasteiger partial charge in [0.25, 0.3) is 0 Å². The average Bonchev–Trinajstić information content (AvgIpc) is 2.80. The molecule has 0 aromatic carbocycles. The second-order valence-corrected chi connectivity index (χ2v) is 6.66. The molecule has 3 nitrogen and oxygen atoms in total. The third-order valence-electron chi connectivity index (χ3n) is 3.34. The molecule has 1 saturated carbocycles. The minimum Gasteiger partial charge on any atom is -0.393 e. The zero-order valence-corrected chi connectivity index (χ0v) is 12.1. The van der Waals surface area contributed by atoms with Gasteiger partial charge < -0.3 is 10.6 Å². The van der Waals surface area contributed by atoms with Crippen molar-refractivity contribution in [3.8, 4) is 0 Å². The van der Waals surface area contributed by atoms with Crippen LogP contribution in [0.15, 0.2) is 0 Å². The van der Waals surface area contributed by atoms with Gasteiger partial charge in [0.2, 0.25) is 5.91 Å². The highest BCUT2D eigenvalue weighted by Gasteiger charge is 2.51. The summed E-state index contributed by atoms with van der Waals surface area (Å²) in [5.74, 6) is 0.958. The standard InChI is InChI=1S/C13H24N2OS/c1-9(2)8-15(6-5-11(14)17)12(16)10-7-13(10,3)4/h9-10H,5-8H2,1-4H3,(H2,14,17). The van der Waals surface area contributed by atoms with Crippen LogP contribution >= 0.6 is 12.2 Å². The Kier molecular flexibility index (Phi) is 4.53. The molecule has 0 radical (unpaired) electrons. The molecule has 4 heteroatoms. The highest BCUT2D eigenvalue weighted by Crippen LogP contribution is 2.52. The monoisotopic (exact) mass is 256 g/mol. The topological polar surface area (TPSA) is 46.3 Å². The molecule has 1 amide bonds. The lowest BCUT2D eigenvalue weighted by Gasteiger charge is -2.25. The first-order valence-electron chi connectivity index (χ1n) is 6.31. The summed E-state index contributed by atoms with van der Waals surface area (Å²) in [6, 6.07) is 0. The third kappa shape index (κ3) is 4.26. The van der Waals surface area contributed by atoms with Crippen molar-refractivity contribution >= 4 is 23.1 Å². The van der Waals surface area contributed by atoms with Gasteiger partial charge in [-0.05, 0) is 17.8 Å². The van der Waals surface area contributed by atoms with Gasteiger partial charge in [0.1, 0.15) is 0 Å². The number of nitrogens with two attached hydrogens (primary N) is 1. The number of nitrogens with zero attached hydrogens (tertiary/aromatic N) is 1. The van der Waals surface area contributed by atoms with Gasteiger partial charge in [-0.3, -0.25) is 4.79 Å². The predicted octanol–water partition coefficient (Wildman–Crippen LogP) is 2.19. The molecule has 0 aliphatic heterocycles. The fraction of sp³-hybridized carbons (Fsp3) is 0.846. The Morgan fingerprint density at radius 3 is 2.41 bits per heavy atom. The molecule has 0 aromatic heterocycles. The number of carbonyl (C=O) groups excluding carboxylic acids is 1. The molecule has 1 atom stereocenters. The van der Waals surface area contributed by atoms with Crippen LogP contribution in [0.2, 0.25) is 0 Å². The van der Waals surface area contributed by atoms with Crippen LogP contribution in [0, 0.1) is 17.3 Å². The zero-order valence-electron chi connectivity index (χ0n) is 11.3. The van der Waals surface area contributed by atoms with E-state index in [1.54, 1.807) is 0 Å². The molecular weight excluding hydrogens is 232 g/mol. The highest BCUT2D eigenvalue weighted by atomic mass is 32.1. The summed E-state index contributed by atoms with van der Waals surface area (Å²) in [4.78, 5) is 14.7. The molecule has 1 aliphatic rings. The molecular formula is C13H24N2OS. The molecule has 0 heterocycles. The lowest BCUT2D eigenvalue weighted by molar-refractivity contribution is -0.133. The quantitative estimate of drug-likeness (QED) is 0.741. The normalized spacial score (nSPS) is 21.4. The van der Waals surface area contributed by atoms with E-state index in [0.29, 0.717) is 23.9 Å². The lowest BCUT2D eigenvalue weighted by Crippen LogP contribution is -2.38. The summed E-state index contributed by atoms with van der Waals surface area (Å²) in [6.45, 7) is 10.0. The van der Waals surface area contributed by atoms with Crippen LogP contribution in [0.5, 0.6) is 0 Å². The summed E-state index contributed by atoms with van der Waals surface area (Å²) in [5.41, 5.74) is 5.70. The minimum absolute atomic E-state index is 0.190. The van der Waals surface area contributed by atoms with Crippen molar-refractivity contribution in [3.05, 3.63) is 0 Å². The van der Waals surface area contributed by atoms with Crippen LogP contribution < -0.4 is 5.73 Å². The third-order valence-corrected chi connectivity index (χ3v) is 3.54. The first kappa shape index (κ1) is 14.4. The summed E-state index contributed by atoms with van der Waals surface area (Å²) < 4.78 is 0. The Morgan fingerprint density at radius 2 is 2.06 bits per heavy atom. The highest BCUT2D eigenvalue weighted by molar-refractivity contribution is 7.80. The van der Waals surface area contributed by atoms with E-state index in [4.69, 9.17) is 18.0 Å². The summed E-state index contributed by atoms with van der Waals surface area (Å²) >= 11 is 4.88. The van der Waals surface area contributed by atoms with E-state index in [1.807, 2.05) is 4.90 Å². The Balaban J connectivity index is 2.56. The number of rotatable bonds is 6. The van der Waals surface area contributed by atoms with Gasteiger partial charge in [-0.2, -0.15) is 0 Å². The van der Waals surface area contributed by atoms with Crippen LogP contribution in [0.3, 0.4) is 0 Å². The summed E-state index contributed by atoms with van der Waals surface area (Å²) in [6.07, 6.45) is 1.63. The number of amides is 1. The van der Waals surface area contributed by atoms with E-state index in [-0.39, 0.29) is 17.2 Å². The molecule has 0 saturated heterocycles. The van der Waals surface area contributed by atoms with E-state index < -0.39 is 0 Å². The van der Waals surface area contributed by atoms with Gasteiger partial charge >= 0.3 is 0 Å². The van der Waals surface area contributed by atoms with Crippen LogP contribution in [0.4, 0.5) is 0 Å². The second kappa shape index (κ2) is 5.34. The molecule has 0 aromatic rings. The molecule has 1 aliphatic carbocycles. The molecule has 0 spiro atoms.